The van der Waals surface area contributed by atoms with Gasteiger partial charge in [0.25, 0.3) is 0 Å². The molecule has 2 heterocycles. The van der Waals surface area contributed by atoms with Crippen LogP contribution in [0, 0.1) is 5.41 Å². The van der Waals surface area contributed by atoms with E-state index in [9.17, 15) is 43.7 Å². The molecule has 9 N–H and O–H groups in total. The second kappa shape index (κ2) is 12.9. The number of hydrogen-bond donors (Lipinski definition) is 8. The maximum Gasteiger partial charge on any atom is 0.529 e. The van der Waals surface area contributed by atoms with Crippen LogP contribution >= 0.6 is 15.6 Å². The molecular formula is C18H30N4O15P2. The zero-order valence-electron chi connectivity index (χ0n) is 20.6. The Kier molecular flexibility index (Phi) is 10.9. The smallest absolute Gasteiger partial charge is 0.387 e. The standard InChI is InChI=1S/C18H30N4O15P2/c1-18(2,8-35-38(29,30)31)14(26)15(27)20-5-3-11(23)37-39(32,33)34-7-9-12(24)13(25)16(36-9)22-6-4-10(19)21-17(22)28/h4,6,9,12-14,16,24-26H,3,5,7-8H2,1-2H3,(H,20,27)(H,32,33)(H2,19,21,28)(H2,29,30,31)/t9-,12-,13-,14?,16-/m1/s1. The van der Waals surface area contributed by atoms with Crippen molar-refractivity contribution in [2.45, 2.75) is 50.9 Å². The minimum atomic E-state index is -5.06. The van der Waals surface area contributed by atoms with Crippen molar-refractivity contribution in [2.24, 2.45) is 5.41 Å². The summed E-state index contributed by atoms with van der Waals surface area (Å²) < 4.78 is 42.4. The Morgan fingerprint density at radius 2 is 1.87 bits per heavy atom. The highest BCUT2D eigenvalue weighted by Gasteiger charge is 2.45. The summed E-state index contributed by atoms with van der Waals surface area (Å²) in [5.41, 5.74) is 3.06. The molecule has 19 nitrogen and oxygen atoms in total. The van der Waals surface area contributed by atoms with Gasteiger partial charge in [0, 0.05) is 18.2 Å². The molecule has 0 aromatic carbocycles. The molecule has 1 aromatic rings. The molecule has 0 bridgehead atoms. The Morgan fingerprint density at radius 3 is 2.46 bits per heavy atom. The van der Waals surface area contributed by atoms with E-state index in [-0.39, 0.29) is 5.82 Å². The maximum atomic E-state index is 12.1. The van der Waals surface area contributed by atoms with Crippen molar-refractivity contribution >= 4 is 33.3 Å². The molecule has 222 valence electrons. The number of anilines is 1. The van der Waals surface area contributed by atoms with E-state index in [4.69, 9.17) is 20.3 Å². The fraction of sp³-hybridized carbons (Fsp3) is 0.667. The number of aliphatic hydroxyl groups is 3. The van der Waals surface area contributed by atoms with Gasteiger partial charge in [0.1, 0.15) is 30.2 Å². The average molecular weight is 604 g/mol. The number of hydrogen-bond acceptors (Lipinski definition) is 14. The summed E-state index contributed by atoms with van der Waals surface area (Å²) in [5, 5.41) is 32.6. The molecule has 39 heavy (non-hydrogen) atoms. The Morgan fingerprint density at radius 1 is 1.23 bits per heavy atom. The molecule has 2 rings (SSSR count). The summed E-state index contributed by atoms with van der Waals surface area (Å²) in [6.07, 6.45) is -7.48. The normalized spacial score (nSPS) is 24.1. The topological polar surface area (TPSA) is 300 Å². The number of nitrogens with zero attached hydrogens (tertiary/aromatic N) is 2. The lowest BCUT2D eigenvalue weighted by atomic mass is 9.87. The lowest BCUT2D eigenvalue weighted by Gasteiger charge is -2.29. The third-order valence-corrected chi connectivity index (χ3v) is 6.68. The van der Waals surface area contributed by atoms with Gasteiger partial charge in [-0.2, -0.15) is 4.98 Å². The second-order valence-corrected chi connectivity index (χ2v) is 11.6. The van der Waals surface area contributed by atoms with Crippen LogP contribution in [0.25, 0.3) is 0 Å². The first-order valence-electron chi connectivity index (χ1n) is 11.0. The summed E-state index contributed by atoms with van der Waals surface area (Å²) in [6.45, 7) is 0.591. The molecule has 1 fully saturated rings. The third-order valence-electron chi connectivity index (χ3n) is 5.30. The van der Waals surface area contributed by atoms with E-state index in [1.54, 1.807) is 0 Å². The van der Waals surface area contributed by atoms with E-state index >= 15 is 0 Å². The van der Waals surface area contributed by atoms with Crippen LogP contribution in [0.1, 0.15) is 26.5 Å². The number of nitrogens with two attached hydrogens (primary N) is 1. The van der Waals surface area contributed by atoms with E-state index in [1.165, 1.54) is 19.9 Å². The first-order chi connectivity index (χ1) is 17.8. The summed E-state index contributed by atoms with van der Waals surface area (Å²) in [7, 11) is -9.91. The molecule has 1 aliphatic heterocycles. The van der Waals surface area contributed by atoms with E-state index in [0.717, 1.165) is 10.8 Å². The molecule has 21 heteroatoms. The van der Waals surface area contributed by atoms with Gasteiger partial charge in [0.05, 0.1) is 19.6 Å². The fourth-order valence-corrected chi connectivity index (χ4v) is 4.39. The Balaban J connectivity index is 1.82. The number of aliphatic hydroxyl groups excluding tert-OH is 3. The van der Waals surface area contributed by atoms with Crippen molar-refractivity contribution in [1.29, 1.82) is 0 Å². The van der Waals surface area contributed by atoms with Crippen molar-refractivity contribution in [2.75, 3.05) is 25.5 Å². The van der Waals surface area contributed by atoms with Crippen LogP contribution in [0.5, 0.6) is 0 Å². The van der Waals surface area contributed by atoms with Gasteiger partial charge in [0.2, 0.25) is 5.91 Å². The number of amides is 1. The van der Waals surface area contributed by atoms with Crippen LogP contribution in [0.3, 0.4) is 0 Å². The van der Waals surface area contributed by atoms with Crippen molar-refractivity contribution in [3.63, 3.8) is 0 Å². The molecule has 0 saturated carbocycles. The Bertz CT molecular complexity index is 1190. The van der Waals surface area contributed by atoms with Crippen LogP contribution in [-0.2, 0) is 37.0 Å². The monoisotopic (exact) mass is 604 g/mol. The molecule has 6 atom stereocenters. The van der Waals surface area contributed by atoms with Gasteiger partial charge in [-0.3, -0.25) is 28.1 Å². The van der Waals surface area contributed by atoms with Crippen LogP contribution in [-0.4, -0.2) is 95.6 Å². The molecule has 2 unspecified atom stereocenters. The number of carbonyl (C=O) groups is 2. The first-order valence-corrected chi connectivity index (χ1v) is 14.1. The van der Waals surface area contributed by atoms with Crippen molar-refractivity contribution in [3.05, 3.63) is 22.7 Å². The van der Waals surface area contributed by atoms with Gasteiger partial charge in [-0.1, -0.05) is 13.8 Å². The van der Waals surface area contributed by atoms with Crippen LogP contribution < -0.4 is 16.7 Å². The minimum Gasteiger partial charge on any atom is -0.387 e. The molecule has 1 aromatic heterocycles. The SMILES string of the molecule is CC(C)(COP(=O)(O)O)C(O)C(=O)NCCC(=O)OP(=O)(O)OC[C@H]1O[C@@H](n2ccc(N)nc2=O)[C@H](O)[C@@H]1O. The maximum absolute atomic E-state index is 12.1. The van der Waals surface area contributed by atoms with Gasteiger partial charge in [-0.15, -0.1) is 0 Å². The number of phosphoric ester groups is 2. The van der Waals surface area contributed by atoms with Gasteiger partial charge in [-0.05, 0) is 6.07 Å². The quantitative estimate of drug-likeness (QED) is 0.105. The fourth-order valence-electron chi connectivity index (χ4n) is 3.15. The van der Waals surface area contributed by atoms with Crippen LogP contribution in [0.15, 0.2) is 17.1 Å². The molecule has 1 amide bonds. The Hall–Kier alpha value is -2.28. The highest BCUT2D eigenvalue weighted by atomic mass is 31.2. The van der Waals surface area contributed by atoms with E-state index in [0.29, 0.717) is 0 Å². The Labute approximate surface area is 220 Å². The second-order valence-electron chi connectivity index (χ2n) is 9.01. The summed E-state index contributed by atoms with van der Waals surface area (Å²) in [6, 6.07) is 1.24. The van der Waals surface area contributed by atoms with Crippen molar-refractivity contribution in [1.82, 2.24) is 14.9 Å². The van der Waals surface area contributed by atoms with E-state index in [2.05, 4.69) is 23.9 Å². The van der Waals surface area contributed by atoms with E-state index in [1.807, 2.05) is 0 Å². The first kappa shape index (κ1) is 32.9. The van der Waals surface area contributed by atoms with E-state index < -0.39 is 95.4 Å². The number of rotatable bonds is 13. The van der Waals surface area contributed by atoms with Crippen LogP contribution in [0.4, 0.5) is 5.82 Å². The van der Waals surface area contributed by atoms with Gasteiger partial charge >= 0.3 is 27.3 Å². The molecular weight excluding hydrogens is 574 g/mol. The van der Waals surface area contributed by atoms with Crippen molar-refractivity contribution in [3.8, 4) is 0 Å². The lowest BCUT2D eigenvalue weighted by Crippen LogP contribution is -2.46. The summed E-state index contributed by atoms with van der Waals surface area (Å²) >= 11 is 0. The summed E-state index contributed by atoms with van der Waals surface area (Å²) in [4.78, 5) is 66.7. The van der Waals surface area contributed by atoms with Gasteiger partial charge in [-0.25, -0.2) is 13.9 Å². The lowest BCUT2D eigenvalue weighted by molar-refractivity contribution is -0.138. The minimum absolute atomic E-state index is 0.0976. The molecule has 1 aliphatic rings. The van der Waals surface area contributed by atoms with Crippen molar-refractivity contribution < 1.29 is 67.0 Å². The number of carbonyl (C=O) groups excluding carboxylic acids is 2. The zero-order chi connectivity index (χ0) is 29.8. The number of nitrogens with one attached hydrogen (secondary N) is 1. The number of nitrogen functional groups attached to an aromatic ring is 1. The summed E-state index contributed by atoms with van der Waals surface area (Å²) in [5.74, 6) is -2.42. The van der Waals surface area contributed by atoms with Crippen LogP contribution in [0.2, 0.25) is 0 Å². The van der Waals surface area contributed by atoms with Gasteiger partial charge < -0.3 is 45.4 Å². The molecule has 0 radical (unpaired) electrons. The average Bonchev–Trinajstić information content (AvgIpc) is 3.09. The molecule has 0 aliphatic carbocycles. The highest BCUT2D eigenvalue weighted by Crippen LogP contribution is 2.44. The largest absolute Gasteiger partial charge is 0.529 e. The zero-order valence-corrected chi connectivity index (χ0v) is 22.4. The predicted molar refractivity (Wildman–Crippen MR) is 126 cm³/mol. The number of phosphoric acid groups is 2. The number of ether oxygens (including phenoxy) is 1. The predicted octanol–water partition coefficient (Wildman–Crippen LogP) is -2.89. The number of aromatic nitrogens is 2. The van der Waals surface area contributed by atoms with Gasteiger partial charge in [0.15, 0.2) is 6.23 Å². The molecule has 1 saturated heterocycles. The highest BCUT2D eigenvalue weighted by molar-refractivity contribution is 7.48. The third kappa shape index (κ3) is 9.70. The molecule has 0 spiro atoms.